The first kappa shape index (κ1) is 22.2. The average molecular weight is 460 g/mol. The molecule has 0 bridgehead atoms. The molecule has 3 aromatic rings. The Morgan fingerprint density at radius 3 is 2.61 bits per heavy atom. The first-order valence-corrected chi connectivity index (χ1v) is 9.90. The van der Waals surface area contributed by atoms with Gasteiger partial charge >= 0.3 is 6.36 Å². The van der Waals surface area contributed by atoms with Crippen LogP contribution >= 0.6 is 0 Å². The number of anilines is 1. The molecule has 0 aliphatic carbocycles. The maximum Gasteiger partial charge on any atom is 0.573 e. The molecule has 1 atom stereocenters. The molecule has 0 saturated carbocycles. The van der Waals surface area contributed by atoms with Gasteiger partial charge in [-0.1, -0.05) is 18.2 Å². The van der Waals surface area contributed by atoms with Crippen molar-refractivity contribution in [3.8, 4) is 28.4 Å². The van der Waals surface area contributed by atoms with Crippen molar-refractivity contribution in [1.29, 1.82) is 0 Å². The number of nitrogens with zero attached hydrogens (tertiary/aromatic N) is 2. The largest absolute Gasteiger partial charge is 0.573 e. The second-order valence-electron chi connectivity index (χ2n) is 7.30. The molecule has 1 aliphatic heterocycles. The summed E-state index contributed by atoms with van der Waals surface area (Å²) in [4.78, 5) is 24.0. The normalized spacial score (nSPS) is 15.8. The van der Waals surface area contributed by atoms with E-state index in [1.54, 1.807) is 30.3 Å². The molecule has 1 fully saturated rings. The van der Waals surface area contributed by atoms with Gasteiger partial charge in [0.05, 0.1) is 24.4 Å². The van der Waals surface area contributed by atoms with Crippen LogP contribution in [0.25, 0.3) is 16.9 Å². The van der Waals surface area contributed by atoms with Gasteiger partial charge in [0.15, 0.2) is 5.82 Å². The summed E-state index contributed by atoms with van der Waals surface area (Å²) >= 11 is 0. The molecule has 2 aromatic carbocycles. The zero-order chi connectivity index (χ0) is 23.6. The van der Waals surface area contributed by atoms with Crippen molar-refractivity contribution >= 4 is 17.6 Å². The van der Waals surface area contributed by atoms with Crippen molar-refractivity contribution in [2.45, 2.75) is 12.8 Å². The Labute approximate surface area is 186 Å². The zero-order valence-electron chi connectivity index (χ0n) is 17.3. The fraction of sp³-hybridized carbons (Fsp3) is 0.227. The first-order valence-electron chi connectivity index (χ1n) is 9.90. The van der Waals surface area contributed by atoms with Crippen molar-refractivity contribution < 1.29 is 32.2 Å². The van der Waals surface area contributed by atoms with E-state index < -0.39 is 12.3 Å². The Bertz CT molecular complexity index is 1190. The molecule has 1 saturated heterocycles. The quantitative estimate of drug-likeness (QED) is 0.587. The number of methoxy groups -OCH3 is 1. The lowest BCUT2D eigenvalue weighted by atomic mass is 10.1. The van der Waals surface area contributed by atoms with Crippen molar-refractivity contribution in [3.05, 3.63) is 54.6 Å². The predicted molar refractivity (Wildman–Crippen MR) is 112 cm³/mol. The number of amides is 2. The topological polar surface area (TPSA) is 94.5 Å². The van der Waals surface area contributed by atoms with Crippen molar-refractivity contribution in [2.24, 2.45) is 5.92 Å². The number of benzene rings is 2. The highest BCUT2D eigenvalue weighted by molar-refractivity contribution is 5.97. The minimum atomic E-state index is -4.84. The standard InChI is InChI=1S/C22H19F3N4O4/c1-32-16-6-3-5-15(10-16)29-18(13-4-2-7-17(8-13)33-22(23,24)25)11-19(28-29)27-21(31)14-9-20(30)26-12-14/h2-8,10-11,14H,9,12H2,1H3,(H,26,30)(H,27,28,31)/t14-/m1/s1. The van der Waals surface area contributed by atoms with Crippen LogP contribution in [0.3, 0.4) is 0 Å². The van der Waals surface area contributed by atoms with Gasteiger partial charge in [0.25, 0.3) is 0 Å². The summed E-state index contributed by atoms with van der Waals surface area (Å²) in [6.07, 6.45) is -4.76. The van der Waals surface area contributed by atoms with Crippen molar-refractivity contribution in [3.63, 3.8) is 0 Å². The number of ether oxygens (including phenoxy) is 2. The molecule has 2 amide bonds. The highest BCUT2D eigenvalue weighted by atomic mass is 19.4. The van der Waals surface area contributed by atoms with Gasteiger partial charge in [-0.25, -0.2) is 4.68 Å². The van der Waals surface area contributed by atoms with E-state index >= 15 is 0 Å². The molecule has 4 rings (SSSR count). The number of nitrogens with one attached hydrogen (secondary N) is 2. The molecule has 11 heteroatoms. The summed E-state index contributed by atoms with van der Waals surface area (Å²) < 4.78 is 48.8. The lowest BCUT2D eigenvalue weighted by Crippen LogP contribution is -2.24. The number of hydrogen-bond acceptors (Lipinski definition) is 5. The number of rotatable bonds is 6. The van der Waals surface area contributed by atoms with Gasteiger partial charge < -0.3 is 20.1 Å². The van der Waals surface area contributed by atoms with Gasteiger partial charge in [0.2, 0.25) is 11.8 Å². The third-order valence-electron chi connectivity index (χ3n) is 4.97. The van der Waals surface area contributed by atoms with E-state index in [0.717, 1.165) is 0 Å². The smallest absolute Gasteiger partial charge is 0.497 e. The molecule has 8 nitrogen and oxygen atoms in total. The molecule has 1 aliphatic rings. The number of carbonyl (C=O) groups is 2. The third-order valence-corrected chi connectivity index (χ3v) is 4.97. The monoisotopic (exact) mass is 460 g/mol. The number of halogens is 3. The van der Waals surface area contributed by atoms with Crippen LogP contribution < -0.4 is 20.1 Å². The minimum Gasteiger partial charge on any atom is -0.497 e. The molecular formula is C22H19F3N4O4. The molecule has 0 unspecified atom stereocenters. The number of hydrogen-bond donors (Lipinski definition) is 2. The molecular weight excluding hydrogens is 441 g/mol. The van der Waals surface area contributed by atoms with Gasteiger partial charge in [0, 0.05) is 30.7 Å². The second-order valence-corrected chi connectivity index (χ2v) is 7.30. The van der Waals surface area contributed by atoms with Gasteiger partial charge in [-0.05, 0) is 24.3 Å². The lowest BCUT2D eigenvalue weighted by molar-refractivity contribution is -0.274. The van der Waals surface area contributed by atoms with Crippen LogP contribution in [0.15, 0.2) is 54.6 Å². The maximum atomic E-state index is 12.7. The zero-order valence-corrected chi connectivity index (χ0v) is 17.3. The fourth-order valence-corrected chi connectivity index (χ4v) is 3.46. The summed E-state index contributed by atoms with van der Waals surface area (Å²) in [5, 5.41) is 9.71. The van der Waals surface area contributed by atoms with Crippen LogP contribution in [0.5, 0.6) is 11.5 Å². The summed E-state index contributed by atoms with van der Waals surface area (Å²) in [7, 11) is 1.50. The molecule has 2 heterocycles. The molecule has 33 heavy (non-hydrogen) atoms. The van der Waals surface area contributed by atoms with Crippen LogP contribution in [0.2, 0.25) is 0 Å². The molecule has 0 radical (unpaired) electrons. The Balaban J connectivity index is 1.72. The van der Waals surface area contributed by atoms with Gasteiger partial charge in [-0.2, -0.15) is 0 Å². The van der Waals surface area contributed by atoms with E-state index in [-0.39, 0.29) is 36.3 Å². The number of aromatic nitrogens is 2. The lowest BCUT2D eigenvalue weighted by Gasteiger charge is -2.12. The molecule has 1 aromatic heterocycles. The summed E-state index contributed by atoms with van der Waals surface area (Å²) in [5.74, 6) is -0.793. The molecule has 2 N–H and O–H groups in total. The number of alkyl halides is 3. The van der Waals surface area contributed by atoms with E-state index in [4.69, 9.17) is 4.74 Å². The average Bonchev–Trinajstić information content (AvgIpc) is 3.39. The Morgan fingerprint density at radius 1 is 1.15 bits per heavy atom. The Kier molecular flexibility index (Phi) is 5.95. The van der Waals surface area contributed by atoms with E-state index in [9.17, 15) is 22.8 Å². The summed E-state index contributed by atoms with van der Waals surface area (Å²) in [6.45, 7) is 0.227. The summed E-state index contributed by atoms with van der Waals surface area (Å²) in [6, 6.07) is 13.9. The SMILES string of the molecule is COc1cccc(-n2nc(NC(=O)[C@H]3CNC(=O)C3)cc2-c2cccc(OC(F)(F)F)c2)c1. The fourth-order valence-electron chi connectivity index (χ4n) is 3.46. The highest BCUT2D eigenvalue weighted by Gasteiger charge is 2.31. The van der Waals surface area contributed by atoms with Crippen molar-refractivity contribution in [2.75, 3.05) is 19.0 Å². The molecule has 0 spiro atoms. The Hall–Kier alpha value is -4.02. The third kappa shape index (κ3) is 5.25. The summed E-state index contributed by atoms with van der Waals surface area (Å²) in [5.41, 5.74) is 1.35. The molecule has 172 valence electrons. The van der Waals surface area contributed by atoms with Crippen LogP contribution in [0, 0.1) is 5.92 Å². The van der Waals surface area contributed by atoms with Crippen LogP contribution in [-0.4, -0.2) is 41.6 Å². The van der Waals surface area contributed by atoms with E-state index in [1.807, 2.05) is 0 Å². The van der Waals surface area contributed by atoms with E-state index in [1.165, 1.54) is 36.1 Å². The van der Waals surface area contributed by atoms with Crippen LogP contribution in [-0.2, 0) is 9.59 Å². The van der Waals surface area contributed by atoms with Gasteiger partial charge in [-0.15, -0.1) is 18.3 Å². The minimum absolute atomic E-state index is 0.0755. The van der Waals surface area contributed by atoms with E-state index in [0.29, 0.717) is 22.7 Å². The van der Waals surface area contributed by atoms with Gasteiger partial charge in [0.1, 0.15) is 11.5 Å². The van der Waals surface area contributed by atoms with Crippen molar-refractivity contribution in [1.82, 2.24) is 15.1 Å². The van der Waals surface area contributed by atoms with Crippen LogP contribution in [0.4, 0.5) is 19.0 Å². The predicted octanol–water partition coefficient (Wildman–Crippen LogP) is 3.52. The second kappa shape index (κ2) is 8.85. The van der Waals surface area contributed by atoms with E-state index in [2.05, 4.69) is 20.5 Å². The highest BCUT2D eigenvalue weighted by Crippen LogP contribution is 2.31. The maximum absolute atomic E-state index is 12.7. The Morgan fingerprint density at radius 2 is 1.91 bits per heavy atom. The van der Waals surface area contributed by atoms with Gasteiger partial charge in [-0.3, -0.25) is 9.59 Å². The number of carbonyl (C=O) groups excluding carboxylic acids is 2. The first-order chi connectivity index (χ1) is 15.7. The van der Waals surface area contributed by atoms with Crippen LogP contribution in [0.1, 0.15) is 6.42 Å².